The molecule has 0 spiro atoms. The van der Waals surface area contributed by atoms with Crippen LogP contribution >= 0.6 is 0 Å². The molecule has 0 amide bonds. The molecule has 0 aromatic heterocycles. The number of rotatable bonds is 5. The third-order valence-electron chi connectivity index (χ3n) is 8.59. The average molecular weight is 483 g/mol. The van der Waals surface area contributed by atoms with Gasteiger partial charge in [-0.2, -0.15) is 0 Å². The minimum Gasteiger partial charge on any atom is -0.381 e. The Bertz CT molecular complexity index is 1150. The van der Waals surface area contributed by atoms with Crippen LogP contribution in [0.15, 0.2) is 41.3 Å². The van der Waals surface area contributed by atoms with E-state index in [1.165, 1.54) is 25.7 Å². The molecule has 5 nitrogen and oxygen atoms in total. The molecule has 1 aliphatic carbocycles. The number of ether oxygens (including phenoxy) is 1. The van der Waals surface area contributed by atoms with Crippen molar-refractivity contribution >= 4 is 21.4 Å². The molecule has 6 heteroatoms. The molecule has 2 heterocycles. The van der Waals surface area contributed by atoms with Gasteiger partial charge in [0.2, 0.25) is 0 Å². The van der Waals surface area contributed by atoms with Gasteiger partial charge in [-0.3, -0.25) is 4.72 Å². The van der Waals surface area contributed by atoms with E-state index in [9.17, 15) is 8.42 Å². The molecule has 184 valence electrons. The first-order valence-corrected chi connectivity index (χ1v) is 14.3. The highest BCUT2D eigenvalue weighted by Crippen LogP contribution is 2.49. The molecule has 2 aromatic rings. The molecule has 2 aliphatic heterocycles. The number of hydrogen-bond donors (Lipinski definition) is 2. The molecule has 3 aliphatic rings. The summed E-state index contributed by atoms with van der Waals surface area (Å²) in [6.45, 7) is 9.45. The molecule has 2 fully saturated rings. The van der Waals surface area contributed by atoms with E-state index in [-0.39, 0.29) is 11.0 Å². The maximum atomic E-state index is 13.2. The van der Waals surface area contributed by atoms with Gasteiger partial charge in [-0.25, -0.2) is 8.42 Å². The lowest BCUT2D eigenvalue weighted by molar-refractivity contribution is 0.0698. The molecular formula is C28H38N2O3S. The summed E-state index contributed by atoms with van der Waals surface area (Å²) in [5, 5.41) is 3.83. The van der Waals surface area contributed by atoms with Crippen LogP contribution in [0.5, 0.6) is 0 Å². The van der Waals surface area contributed by atoms with E-state index in [0.29, 0.717) is 23.6 Å². The van der Waals surface area contributed by atoms with E-state index in [1.807, 2.05) is 44.2 Å². The molecule has 0 bridgehead atoms. The topological polar surface area (TPSA) is 67.4 Å². The van der Waals surface area contributed by atoms with E-state index in [1.54, 1.807) is 6.07 Å². The standard InChI is InChI=1S/C28H38N2O3S/c1-17(2)20-6-8-21(9-7-20)27-24-13-14-33-28(24)25-16-23(11-12-26(25)29-27)34(31,32)30-22-10-5-18(3)19(4)15-22/h5,10-12,15-17,20-21,24,27-30H,6-9,13-14H2,1-4H3/t20?,21?,24-,27-,28-/m0/s1. The van der Waals surface area contributed by atoms with Gasteiger partial charge in [-0.05, 0) is 105 Å². The molecule has 0 radical (unpaired) electrons. The van der Waals surface area contributed by atoms with Crippen LogP contribution in [0.4, 0.5) is 11.4 Å². The fraction of sp³-hybridized carbons (Fsp3) is 0.571. The van der Waals surface area contributed by atoms with Crippen molar-refractivity contribution in [3.63, 3.8) is 0 Å². The number of fused-ring (bicyclic) bond motifs is 3. The smallest absolute Gasteiger partial charge is 0.261 e. The first kappa shape index (κ1) is 23.7. The summed E-state index contributed by atoms with van der Waals surface area (Å²) in [5.74, 6) is 2.67. The maximum absolute atomic E-state index is 13.2. The second kappa shape index (κ2) is 9.19. The van der Waals surface area contributed by atoms with Crippen LogP contribution in [0, 0.1) is 37.5 Å². The Kier molecular flexibility index (Phi) is 6.40. The molecule has 34 heavy (non-hydrogen) atoms. The lowest BCUT2D eigenvalue weighted by Crippen LogP contribution is -2.43. The summed E-state index contributed by atoms with van der Waals surface area (Å²) in [6, 6.07) is 11.5. The Balaban J connectivity index is 1.38. The quantitative estimate of drug-likeness (QED) is 0.515. The van der Waals surface area contributed by atoms with Crippen molar-refractivity contribution in [2.75, 3.05) is 16.6 Å². The minimum absolute atomic E-state index is 0.0270. The highest BCUT2D eigenvalue weighted by Gasteiger charge is 2.45. The predicted octanol–water partition coefficient (Wildman–Crippen LogP) is 6.44. The highest BCUT2D eigenvalue weighted by molar-refractivity contribution is 7.92. The molecule has 2 N–H and O–H groups in total. The van der Waals surface area contributed by atoms with E-state index >= 15 is 0 Å². The third-order valence-corrected chi connectivity index (χ3v) is 9.97. The van der Waals surface area contributed by atoms with Crippen LogP contribution < -0.4 is 10.0 Å². The van der Waals surface area contributed by atoms with Gasteiger partial charge in [0, 0.05) is 35.5 Å². The Hall–Kier alpha value is -2.05. The van der Waals surface area contributed by atoms with Crippen molar-refractivity contribution in [3.8, 4) is 0 Å². The molecular weight excluding hydrogens is 444 g/mol. The van der Waals surface area contributed by atoms with Crippen LogP contribution in [0.2, 0.25) is 0 Å². The molecule has 1 saturated carbocycles. The van der Waals surface area contributed by atoms with Gasteiger partial charge in [0.15, 0.2) is 0 Å². The number of nitrogens with one attached hydrogen (secondary N) is 2. The second-order valence-electron chi connectivity index (χ2n) is 11.0. The summed E-state index contributed by atoms with van der Waals surface area (Å²) in [5.41, 5.74) is 4.80. The summed E-state index contributed by atoms with van der Waals surface area (Å²) in [4.78, 5) is 0.288. The van der Waals surface area contributed by atoms with E-state index in [0.717, 1.165) is 47.2 Å². The van der Waals surface area contributed by atoms with Gasteiger partial charge in [-0.1, -0.05) is 19.9 Å². The van der Waals surface area contributed by atoms with E-state index in [4.69, 9.17) is 4.74 Å². The lowest BCUT2D eigenvalue weighted by Gasteiger charge is -2.43. The zero-order valence-corrected chi connectivity index (χ0v) is 21.6. The normalized spacial score (nSPS) is 28.8. The molecule has 2 aromatic carbocycles. The van der Waals surface area contributed by atoms with Crippen molar-refractivity contribution in [2.24, 2.45) is 23.7 Å². The maximum Gasteiger partial charge on any atom is 0.261 e. The van der Waals surface area contributed by atoms with E-state index in [2.05, 4.69) is 23.9 Å². The summed E-state index contributed by atoms with van der Waals surface area (Å²) in [6.07, 6.45) is 6.17. The number of sulfonamides is 1. The third kappa shape index (κ3) is 4.47. The summed E-state index contributed by atoms with van der Waals surface area (Å²) >= 11 is 0. The Morgan fingerprint density at radius 1 is 0.971 bits per heavy atom. The lowest BCUT2D eigenvalue weighted by atomic mass is 9.69. The van der Waals surface area contributed by atoms with Gasteiger partial charge in [0.1, 0.15) is 0 Å². The molecule has 5 rings (SSSR count). The zero-order chi connectivity index (χ0) is 24.0. The van der Waals surface area contributed by atoms with Crippen molar-refractivity contribution < 1.29 is 13.2 Å². The molecule has 3 atom stereocenters. The van der Waals surface area contributed by atoms with E-state index < -0.39 is 10.0 Å². The number of benzene rings is 2. The average Bonchev–Trinajstić information content (AvgIpc) is 3.31. The van der Waals surface area contributed by atoms with Crippen LogP contribution in [-0.2, 0) is 14.8 Å². The van der Waals surface area contributed by atoms with Crippen LogP contribution in [0.3, 0.4) is 0 Å². The fourth-order valence-corrected chi connectivity index (χ4v) is 7.40. The first-order chi connectivity index (χ1) is 16.2. The van der Waals surface area contributed by atoms with Crippen LogP contribution in [0.1, 0.15) is 68.7 Å². The van der Waals surface area contributed by atoms with Gasteiger partial charge in [0.05, 0.1) is 11.0 Å². The largest absolute Gasteiger partial charge is 0.381 e. The van der Waals surface area contributed by atoms with Gasteiger partial charge >= 0.3 is 0 Å². The van der Waals surface area contributed by atoms with Gasteiger partial charge < -0.3 is 10.1 Å². The van der Waals surface area contributed by atoms with Crippen LogP contribution in [0.25, 0.3) is 0 Å². The Morgan fingerprint density at radius 3 is 2.44 bits per heavy atom. The van der Waals surface area contributed by atoms with Crippen molar-refractivity contribution in [2.45, 2.75) is 76.8 Å². The minimum atomic E-state index is -3.69. The van der Waals surface area contributed by atoms with Crippen molar-refractivity contribution in [3.05, 3.63) is 53.1 Å². The SMILES string of the molecule is Cc1ccc(NS(=O)(=O)c2ccc3c(c2)[C@H]2OCC[C@H]2[C@H](C2CCC(C(C)C)CC2)N3)cc1C. The molecule has 1 saturated heterocycles. The zero-order valence-electron chi connectivity index (χ0n) is 20.8. The Labute approximate surface area is 204 Å². The fourth-order valence-electron chi connectivity index (χ4n) is 6.31. The summed E-state index contributed by atoms with van der Waals surface area (Å²) in [7, 11) is -3.69. The van der Waals surface area contributed by atoms with Gasteiger partial charge in [-0.15, -0.1) is 0 Å². The number of anilines is 2. The van der Waals surface area contributed by atoms with Crippen molar-refractivity contribution in [1.29, 1.82) is 0 Å². The second-order valence-corrected chi connectivity index (χ2v) is 12.7. The Morgan fingerprint density at radius 2 is 1.74 bits per heavy atom. The predicted molar refractivity (Wildman–Crippen MR) is 138 cm³/mol. The van der Waals surface area contributed by atoms with Gasteiger partial charge in [0.25, 0.3) is 10.0 Å². The first-order valence-electron chi connectivity index (χ1n) is 12.8. The summed E-state index contributed by atoms with van der Waals surface area (Å²) < 4.78 is 35.4. The monoisotopic (exact) mass is 482 g/mol. The highest BCUT2D eigenvalue weighted by atomic mass is 32.2. The van der Waals surface area contributed by atoms with Crippen molar-refractivity contribution in [1.82, 2.24) is 0 Å². The molecule has 0 unspecified atom stereocenters. The number of hydrogen-bond acceptors (Lipinski definition) is 4. The number of aryl methyl sites for hydroxylation is 2. The van der Waals surface area contributed by atoms with Crippen LogP contribution in [-0.4, -0.2) is 21.1 Å².